The molecule has 2 heterocycles. The molecule has 0 unspecified atom stereocenters. The Hall–Kier alpha value is -4.22. The lowest BCUT2D eigenvalue weighted by Gasteiger charge is -2.16. The van der Waals surface area contributed by atoms with Crippen molar-refractivity contribution in [3.05, 3.63) is 98.6 Å². The van der Waals surface area contributed by atoms with Gasteiger partial charge in [-0.3, -0.25) is 9.36 Å². The number of aromatic amines is 1. The molecule has 0 bridgehead atoms. The Balaban J connectivity index is 1.74. The van der Waals surface area contributed by atoms with Crippen LogP contribution in [0.3, 0.4) is 0 Å². The van der Waals surface area contributed by atoms with Gasteiger partial charge in [-0.15, -0.1) is 0 Å². The van der Waals surface area contributed by atoms with Gasteiger partial charge in [-0.25, -0.2) is 18.7 Å². The molecule has 0 aliphatic heterocycles. The van der Waals surface area contributed by atoms with E-state index < -0.39 is 46.1 Å². The second-order valence-electron chi connectivity index (χ2n) is 7.25. The Bertz CT molecular complexity index is 1490. The summed E-state index contributed by atoms with van der Waals surface area (Å²) in [5.41, 5.74) is -2.59. The van der Waals surface area contributed by atoms with Crippen molar-refractivity contribution in [2.45, 2.75) is 12.7 Å². The van der Waals surface area contributed by atoms with Crippen LogP contribution in [0, 0.1) is 11.6 Å². The monoisotopic (exact) mass is 478 g/mol. The lowest BCUT2D eigenvalue weighted by Crippen LogP contribution is -2.26. The molecule has 0 atom stereocenters. The number of nitrogens with one attached hydrogen (secondary N) is 1. The van der Waals surface area contributed by atoms with E-state index in [2.05, 4.69) is 10.2 Å². The van der Waals surface area contributed by atoms with E-state index in [1.807, 2.05) is 0 Å². The van der Waals surface area contributed by atoms with Crippen LogP contribution in [-0.4, -0.2) is 19.3 Å². The summed E-state index contributed by atoms with van der Waals surface area (Å²) in [6, 6.07) is 9.25. The fourth-order valence-corrected chi connectivity index (χ4v) is 3.21. The maximum atomic E-state index is 14.7. The third-order valence-corrected chi connectivity index (χ3v) is 5.01. The number of ether oxygens (including phenoxy) is 1. The number of rotatable bonds is 5. The molecule has 0 saturated heterocycles. The van der Waals surface area contributed by atoms with E-state index in [0.29, 0.717) is 11.6 Å². The molecular weight excluding hydrogens is 463 g/mol. The van der Waals surface area contributed by atoms with Gasteiger partial charge in [0.1, 0.15) is 11.4 Å². The molecule has 2 aromatic carbocycles. The average molecular weight is 478 g/mol. The highest BCUT2D eigenvalue weighted by Gasteiger charge is 2.37. The minimum absolute atomic E-state index is 0.0726. The first-order valence-corrected chi connectivity index (χ1v) is 9.69. The first-order valence-electron chi connectivity index (χ1n) is 9.69. The number of aromatic nitrogens is 4. The van der Waals surface area contributed by atoms with Crippen LogP contribution in [0.4, 0.5) is 22.0 Å². The predicted octanol–water partition coefficient (Wildman–Crippen LogP) is 4.07. The SMILES string of the molecule is Cn1c(Cn2ccc(C(F)(F)F)c(Oc3ccc(-c4cccc(F)c4)cc3F)c2=O)n[nH]c1=O. The summed E-state index contributed by atoms with van der Waals surface area (Å²) in [5, 5.41) is 5.87. The molecule has 0 aliphatic carbocycles. The van der Waals surface area contributed by atoms with Crippen molar-refractivity contribution >= 4 is 0 Å². The lowest BCUT2D eigenvalue weighted by molar-refractivity contribution is -0.138. The summed E-state index contributed by atoms with van der Waals surface area (Å²) < 4.78 is 75.9. The standard InChI is InChI=1S/C22H15F5N4O3/c1-30-18(28-29-21(30)33)11-31-8-7-15(22(25,26)27)19(20(31)32)34-17-6-5-13(10-16(17)24)12-3-2-4-14(23)9-12/h2-10H,11H2,1H3,(H,29,33). The highest BCUT2D eigenvalue weighted by molar-refractivity contribution is 5.64. The number of nitrogens with zero attached hydrogens (tertiary/aromatic N) is 3. The first-order chi connectivity index (χ1) is 16.0. The smallest absolute Gasteiger partial charge is 0.420 e. The first kappa shape index (κ1) is 23.0. The van der Waals surface area contributed by atoms with E-state index in [-0.39, 0.29) is 17.9 Å². The van der Waals surface area contributed by atoms with E-state index in [4.69, 9.17) is 4.74 Å². The van der Waals surface area contributed by atoms with E-state index in [0.717, 1.165) is 33.5 Å². The number of hydrogen-bond donors (Lipinski definition) is 1. The average Bonchev–Trinajstić information content (AvgIpc) is 3.09. The molecule has 12 heteroatoms. The number of benzene rings is 2. The predicted molar refractivity (Wildman–Crippen MR) is 111 cm³/mol. The van der Waals surface area contributed by atoms with Gasteiger partial charge in [0.2, 0.25) is 5.75 Å². The van der Waals surface area contributed by atoms with Crippen LogP contribution in [-0.2, 0) is 19.8 Å². The minimum Gasteiger partial charge on any atom is -0.448 e. The number of hydrogen-bond acceptors (Lipinski definition) is 4. The van der Waals surface area contributed by atoms with Gasteiger partial charge in [-0.2, -0.15) is 18.3 Å². The molecule has 2 aromatic heterocycles. The van der Waals surface area contributed by atoms with Crippen molar-refractivity contribution in [1.82, 2.24) is 19.3 Å². The summed E-state index contributed by atoms with van der Waals surface area (Å²) in [6.07, 6.45) is -4.09. The number of halogens is 5. The Morgan fingerprint density at radius 3 is 2.38 bits per heavy atom. The molecule has 4 aromatic rings. The summed E-state index contributed by atoms with van der Waals surface area (Å²) >= 11 is 0. The van der Waals surface area contributed by atoms with Crippen LogP contribution in [0.5, 0.6) is 11.5 Å². The highest BCUT2D eigenvalue weighted by Crippen LogP contribution is 2.37. The second kappa shape index (κ2) is 8.61. The zero-order chi connectivity index (χ0) is 24.6. The van der Waals surface area contributed by atoms with Gasteiger partial charge in [0.25, 0.3) is 5.56 Å². The molecule has 1 N–H and O–H groups in total. The van der Waals surface area contributed by atoms with Gasteiger partial charge in [-0.1, -0.05) is 18.2 Å². The summed E-state index contributed by atoms with van der Waals surface area (Å²) in [7, 11) is 1.36. The van der Waals surface area contributed by atoms with Crippen LogP contribution in [0.25, 0.3) is 11.1 Å². The Labute approximate surface area is 187 Å². The van der Waals surface area contributed by atoms with Crippen molar-refractivity contribution in [3.63, 3.8) is 0 Å². The fourth-order valence-electron chi connectivity index (χ4n) is 3.21. The number of alkyl halides is 3. The molecule has 0 aliphatic rings. The quantitative estimate of drug-likeness (QED) is 0.439. The van der Waals surface area contributed by atoms with Crippen molar-refractivity contribution in [2.24, 2.45) is 7.05 Å². The van der Waals surface area contributed by atoms with Crippen molar-refractivity contribution in [3.8, 4) is 22.6 Å². The van der Waals surface area contributed by atoms with E-state index in [9.17, 15) is 31.5 Å². The topological polar surface area (TPSA) is 81.9 Å². The van der Waals surface area contributed by atoms with Crippen LogP contribution in [0.1, 0.15) is 11.4 Å². The van der Waals surface area contributed by atoms with Crippen molar-refractivity contribution < 1.29 is 26.7 Å². The van der Waals surface area contributed by atoms with Crippen LogP contribution >= 0.6 is 0 Å². The van der Waals surface area contributed by atoms with Crippen molar-refractivity contribution in [1.29, 1.82) is 0 Å². The minimum atomic E-state index is -4.97. The fraction of sp³-hybridized carbons (Fsp3) is 0.136. The van der Waals surface area contributed by atoms with E-state index in [1.54, 1.807) is 0 Å². The maximum absolute atomic E-state index is 14.7. The summed E-state index contributed by atoms with van der Waals surface area (Å²) in [5.74, 6) is -3.31. The highest BCUT2D eigenvalue weighted by atomic mass is 19.4. The van der Waals surface area contributed by atoms with Gasteiger partial charge in [0.05, 0.1) is 6.54 Å². The summed E-state index contributed by atoms with van der Waals surface area (Å²) in [4.78, 5) is 24.4. The molecule has 0 fully saturated rings. The Morgan fingerprint density at radius 2 is 1.76 bits per heavy atom. The van der Waals surface area contributed by atoms with Crippen LogP contribution in [0.15, 0.2) is 64.3 Å². The third kappa shape index (κ3) is 4.47. The normalized spacial score (nSPS) is 11.6. The molecule has 34 heavy (non-hydrogen) atoms. The Morgan fingerprint density at radius 1 is 1.03 bits per heavy atom. The Kier molecular flexibility index (Phi) is 5.82. The van der Waals surface area contributed by atoms with Crippen LogP contribution in [0.2, 0.25) is 0 Å². The number of H-pyrrole nitrogens is 1. The van der Waals surface area contributed by atoms with E-state index in [1.165, 1.54) is 31.3 Å². The third-order valence-electron chi connectivity index (χ3n) is 5.01. The van der Waals surface area contributed by atoms with Gasteiger partial charge in [0.15, 0.2) is 17.4 Å². The number of pyridine rings is 1. The van der Waals surface area contributed by atoms with Gasteiger partial charge < -0.3 is 9.30 Å². The van der Waals surface area contributed by atoms with Crippen LogP contribution < -0.4 is 16.0 Å². The zero-order valence-electron chi connectivity index (χ0n) is 17.4. The zero-order valence-corrected chi connectivity index (χ0v) is 17.4. The summed E-state index contributed by atoms with van der Waals surface area (Å²) in [6.45, 7) is -0.344. The molecule has 0 amide bonds. The van der Waals surface area contributed by atoms with Gasteiger partial charge >= 0.3 is 11.9 Å². The lowest BCUT2D eigenvalue weighted by atomic mass is 10.1. The largest absolute Gasteiger partial charge is 0.448 e. The molecule has 4 rings (SSSR count). The molecule has 0 saturated carbocycles. The van der Waals surface area contributed by atoms with Crippen molar-refractivity contribution in [2.75, 3.05) is 0 Å². The molecular formula is C22H15F5N4O3. The molecule has 176 valence electrons. The molecule has 0 spiro atoms. The molecule has 0 radical (unpaired) electrons. The molecule has 7 nitrogen and oxygen atoms in total. The maximum Gasteiger partial charge on any atom is 0.420 e. The van der Waals surface area contributed by atoms with Gasteiger partial charge in [-0.05, 0) is 41.5 Å². The van der Waals surface area contributed by atoms with Gasteiger partial charge in [0, 0.05) is 13.2 Å². The second-order valence-corrected chi connectivity index (χ2v) is 7.25. The van der Waals surface area contributed by atoms with E-state index >= 15 is 0 Å².